The number of rotatable bonds is 7. The summed E-state index contributed by atoms with van der Waals surface area (Å²) in [5, 5.41) is 4.15. The Bertz CT molecular complexity index is 1150. The maximum Gasteiger partial charge on any atom is 0.326 e. The first-order valence-electron chi connectivity index (χ1n) is 11.4. The Balaban J connectivity index is 2.11. The Kier molecular flexibility index (Phi) is 8.45. The van der Waals surface area contributed by atoms with E-state index in [9.17, 15) is 9.18 Å². The van der Waals surface area contributed by atoms with E-state index in [1.54, 1.807) is 35.2 Å². The van der Waals surface area contributed by atoms with Crippen LogP contribution in [0, 0.1) is 5.82 Å². The number of carbonyl (C=O) groups is 1. The first-order valence-corrected chi connectivity index (χ1v) is 12.2. The fourth-order valence-electron chi connectivity index (χ4n) is 4.18. The van der Waals surface area contributed by atoms with Crippen LogP contribution in [0.3, 0.4) is 0 Å². The van der Waals surface area contributed by atoms with Gasteiger partial charge in [-0.1, -0.05) is 62.2 Å². The third-order valence-corrected chi connectivity index (χ3v) is 6.71. The number of nitrogens with two attached hydrogens (primary N) is 1. The van der Waals surface area contributed by atoms with E-state index >= 15 is 0 Å². The molecule has 1 atom stereocenters. The number of nitrogens with zero attached hydrogens (tertiary/aromatic N) is 1. The lowest BCUT2D eigenvalue weighted by Gasteiger charge is -2.31. The monoisotopic (exact) mass is 501 g/mol. The Hall–Kier alpha value is -2.76. The third-order valence-electron chi connectivity index (χ3n) is 6.12. The van der Waals surface area contributed by atoms with E-state index in [0.717, 1.165) is 16.7 Å². The van der Waals surface area contributed by atoms with Crippen molar-refractivity contribution in [3.05, 3.63) is 86.6 Å². The van der Waals surface area contributed by atoms with Crippen LogP contribution >= 0.6 is 23.2 Å². The lowest BCUT2D eigenvalue weighted by atomic mass is 10.0. The zero-order chi connectivity index (χ0) is 25.0. The van der Waals surface area contributed by atoms with E-state index in [2.05, 4.69) is 5.32 Å². The number of urea groups is 1. The van der Waals surface area contributed by atoms with Crippen molar-refractivity contribution >= 4 is 46.3 Å². The van der Waals surface area contributed by atoms with Crippen LogP contribution in [0.1, 0.15) is 56.0 Å². The van der Waals surface area contributed by atoms with Crippen molar-refractivity contribution in [1.82, 2.24) is 0 Å². The van der Waals surface area contributed by atoms with Gasteiger partial charge in [-0.2, -0.15) is 0 Å². The molecule has 7 heteroatoms. The van der Waals surface area contributed by atoms with Crippen LogP contribution in [0.15, 0.2) is 48.5 Å². The van der Waals surface area contributed by atoms with Crippen molar-refractivity contribution < 1.29 is 9.18 Å². The molecule has 4 nitrogen and oxygen atoms in total. The van der Waals surface area contributed by atoms with Crippen LogP contribution in [0.2, 0.25) is 10.0 Å². The number of nitrogen functional groups attached to an aromatic ring is 1. The van der Waals surface area contributed by atoms with Gasteiger partial charge in [0, 0.05) is 21.4 Å². The average Bonchev–Trinajstić information content (AvgIpc) is 2.80. The summed E-state index contributed by atoms with van der Waals surface area (Å²) in [7, 11) is 0. The molecule has 3 aromatic carbocycles. The quantitative estimate of drug-likeness (QED) is 0.320. The predicted octanol–water partition coefficient (Wildman–Crippen LogP) is 8.20. The van der Waals surface area contributed by atoms with Gasteiger partial charge in [0.15, 0.2) is 0 Å². The summed E-state index contributed by atoms with van der Waals surface area (Å²) in [6.45, 7) is 7.73. The standard InChI is InChI=1S/C27H30Cl2FN3O/c1-5-17-10-13-20(14-24(17)30)33(16(4)18-8-11-19(28)12-9-18)27(34)32-26-21(6-2)23(29)15-25(31)22(26)7-3/h8-16H,5-7,31H2,1-4H3,(H,32,34). The van der Waals surface area contributed by atoms with E-state index in [1.807, 2.05) is 39.8 Å². The van der Waals surface area contributed by atoms with Crippen molar-refractivity contribution in [2.75, 3.05) is 16.0 Å². The SMILES string of the molecule is CCc1ccc(N(C(=O)Nc2c(CC)c(N)cc(Cl)c2CC)C(C)c2ccc(Cl)cc2)cc1F. The highest BCUT2D eigenvalue weighted by molar-refractivity contribution is 6.32. The van der Waals surface area contributed by atoms with E-state index in [0.29, 0.717) is 51.9 Å². The van der Waals surface area contributed by atoms with Gasteiger partial charge in [0.05, 0.1) is 11.7 Å². The van der Waals surface area contributed by atoms with Crippen LogP contribution in [0.4, 0.5) is 26.2 Å². The van der Waals surface area contributed by atoms with Crippen molar-refractivity contribution in [2.45, 2.75) is 53.0 Å². The number of aryl methyl sites for hydroxylation is 1. The van der Waals surface area contributed by atoms with Gasteiger partial charge in [0.2, 0.25) is 0 Å². The molecule has 0 radical (unpaired) electrons. The number of amides is 2. The molecular weight excluding hydrogens is 472 g/mol. The average molecular weight is 502 g/mol. The highest BCUT2D eigenvalue weighted by atomic mass is 35.5. The minimum absolute atomic E-state index is 0.350. The van der Waals surface area contributed by atoms with Crippen LogP contribution < -0.4 is 16.0 Å². The molecule has 1 unspecified atom stereocenters. The lowest BCUT2D eigenvalue weighted by molar-refractivity contribution is 0.255. The minimum Gasteiger partial charge on any atom is -0.398 e. The van der Waals surface area contributed by atoms with Crippen molar-refractivity contribution in [3.8, 4) is 0 Å². The molecule has 0 spiro atoms. The zero-order valence-corrected chi connectivity index (χ0v) is 21.4. The molecule has 0 aliphatic carbocycles. The molecule has 0 bridgehead atoms. The zero-order valence-electron chi connectivity index (χ0n) is 19.9. The van der Waals surface area contributed by atoms with Crippen LogP contribution in [0.25, 0.3) is 0 Å². The van der Waals surface area contributed by atoms with Gasteiger partial charge in [-0.15, -0.1) is 0 Å². The first kappa shape index (κ1) is 25.9. The number of halogens is 3. The Morgan fingerprint density at radius 3 is 2.21 bits per heavy atom. The Morgan fingerprint density at radius 1 is 1.00 bits per heavy atom. The van der Waals surface area contributed by atoms with Gasteiger partial charge >= 0.3 is 6.03 Å². The molecule has 180 valence electrons. The fourth-order valence-corrected chi connectivity index (χ4v) is 4.65. The second-order valence-corrected chi connectivity index (χ2v) is 8.99. The van der Waals surface area contributed by atoms with E-state index in [1.165, 1.54) is 6.07 Å². The highest BCUT2D eigenvalue weighted by Gasteiger charge is 2.26. The molecule has 0 saturated carbocycles. The molecule has 0 aliphatic heterocycles. The number of hydrogen-bond donors (Lipinski definition) is 2. The van der Waals surface area contributed by atoms with Crippen LogP contribution in [-0.2, 0) is 19.3 Å². The number of carbonyl (C=O) groups excluding carboxylic acids is 1. The van der Waals surface area contributed by atoms with Crippen molar-refractivity contribution in [3.63, 3.8) is 0 Å². The van der Waals surface area contributed by atoms with Crippen molar-refractivity contribution in [1.29, 1.82) is 0 Å². The van der Waals surface area contributed by atoms with E-state index in [-0.39, 0.29) is 5.82 Å². The minimum atomic E-state index is -0.407. The molecule has 3 N–H and O–H groups in total. The van der Waals surface area contributed by atoms with Crippen LogP contribution in [0.5, 0.6) is 0 Å². The summed E-state index contributed by atoms with van der Waals surface area (Å²) in [5.74, 6) is -0.350. The third kappa shape index (κ3) is 5.31. The summed E-state index contributed by atoms with van der Waals surface area (Å²) in [6.07, 6.45) is 1.80. The van der Waals surface area contributed by atoms with Gasteiger partial charge < -0.3 is 11.1 Å². The maximum atomic E-state index is 14.8. The van der Waals surface area contributed by atoms with Crippen molar-refractivity contribution in [2.24, 2.45) is 0 Å². The summed E-state index contributed by atoms with van der Waals surface area (Å²) >= 11 is 12.5. The Morgan fingerprint density at radius 2 is 1.65 bits per heavy atom. The topological polar surface area (TPSA) is 58.4 Å². The summed E-state index contributed by atoms with van der Waals surface area (Å²) in [6, 6.07) is 13.0. The van der Waals surface area contributed by atoms with Crippen LogP contribution in [-0.4, -0.2) is 6.03 Å². The van der Waals surface area contributed by atoms with E-state index < -0.39 is 12.1 Å². The predicted molar refractivity (Wildman–Crippen MR) is 142 cm³/mol. The lowest BCUT2D eigenvalue weighted by Crippen LogP contribution is -2.38. The fraction of sp³-hybridized carbons (Fsp3) is 0.296. The molecule has 0 fully saturated rings. The molecule has 0 heterocycles. The normalized spacial score (nSPS) is 11.9. The summed E-state index contributed by atoms with van der Waals surface area (Å²) < 4.78 is 14.8. The molecule has 3 aromatic rings. The summed E-state index contributed by atoms with van der Waals surface area (Å²) in [5.41, 5.74) is 10.9. The second-order valence-electron chi connectivity index (χ2n) is 8.14. The molecule has 0 aliphatic rings. The number of nitrogens with one attached hydrogen (secondary N) is 1. The second kappa shape index (κ2) is 11.1. The molecular formula is C27H30Cl2FN3O. The first-order chi connectivity index (χ1) is 16.2. The van der Waals surface area contributed by atoms with Gasteiger partial charge in [0.1, 0.15) is 5.82 Å². The molecule has 2 amide bonds. The molecule has 0 aromatic heterocycles. The van der Waals surface area contributed by atoms with Gasteiger partial charge in [-0.3, -0.25) is 4.90 Å². The van der Waals surface area contributed by atoms with Gasteiger partial charge in [0.25, 0.3) is 0 Å². The largest absolute Gasteiger partial charge is 0.398 e. The smallest absolute Gasteiger partial charge is 0.326 e. The molecule has 3 rings (SSSR count). The van der Waals surface area contributed by atoms with E-state index in [4.69, 9.17) is 28.9 Å². The maximum absolute atomic E-state index is 14.8. The highest BCUT2D eigenvalue weighted by Crippen LogP contribution is 2.36. The summed E-state index contributed by atoms with van der Waals surface area (Å²) in [4.78, 5) is 15.3. The molecule has 0 saturated heterocycles. The molecule has 34 heavy (non-hydrogen) atoms. The Labute approximate surface area is 210 Å². The van der Waals surface area contributed by atoms with Gasteiger partial charge in [-0.05, 0) is 78.8 Å². The van der Waals surface area contributed by atoms with Gasteiger partial charge in [-0.25, -0.2) is 9.18 Å². The number of anilines is 3. The number of benzene rings is 3. The number of hydrogen-bond acceptors (Lipinski definition) is 2.